The first-order valence-electron chi connectivity index (χ1n) is 11.3. The van der Waals surface area contributed by atoms with Crippen molar-refractivity contribution in [2.75, 3.05) is 30.8 Å². The van der Waals surface area contributed by atoms with E-state index in [9.17, 15) is 28.3 Å². The highest BCUT2D eigenvalue weighted by atomic mass is 19.1. The Morgan fingerprint density at radius 1 is 1.06 bits per heavy atom. The molecule has 0 radical (unpaired) electrons. The van der Waals surface area contributed by atoms with E-state index < -0.39 is 47.0 Å². The summed E-state index contributed by atoms with van der Waals surface area (Å²) in [5.74, 6) is -5.17. The SMILES string of the molecule is CN1CC(C(=O)O)C(c2c(F)cc(C=CC(=O)Nc3ccccc3NC(=O)OC(C)(C)C)cc2F)C1. The maximum absolute atomic E-state index is 14.9. The van der Waals surface area contributed by atoms with Crippen molar-refractivity contribution in [1.82, 2.24) is 4.90 Å². The van der Waals surface area contributed by atoms with E-state index in [2.05, 4.69) is 10.6 Å². The lowest BCUT2D eigenvalue weighted by molar-refractivity contribution is -0.141. The number of likely N-dealkylation sites (tertiary alicyclic amines) is 1. The maximum atomic E-state index is 14.9. The van der Waals surface area contributed by atoms with Gasteiger partial charge in [-0.15, -0.1) is 0 Å². The Morgan fingerprint density at radius 3 is 2.19 bits per heavy atom. The topological polar surface area (TPSA) is 108 Å². The number of nitrogens with one attached hydrogen (secondary N) is 2. The third-order valence-corrected chi connectivity index (χ3v) is 5.54. The van der Waals surface area contributed by atoms with E-state index in [1.807, 2.05) is 0 Å². The summed E-state index contributed by atoms with van der Waals surface area (Å²) in [6.45, 7) is 5.59. The van der Waals surface area contributed by atoms with Gasteiger partial charge in [0, 0.05) is 30.6 Å². The van der Waals surface area contributed by atoms with Crippen LogP contribution in [0.5, 0.6) is 0 Å². The van der Waals surface area contributed by atoms with Gasteiger partial charge in [-0.3, -0.25) is 14.9 Å². The van der Waals surface area contributed by atoms with Crippen molar-refractivity contribution in [2.24, 2.45) is 5.92 Å². The summed E-state index contributed by atoms with van der Waals surface area (Å²) in [6, 6.07) is 8.62. The second kappa shape index (κ2) is 10.9. The first-order chi connectivity index (χ1) is 16.8. The van der Waals surface area contributed by atoms with E-state index in [4.69, 9.17) is 4.74 Å². The molecule has 2 unspecified atom stereocenters. The number of hydrogen-bond donors (Lipinski definition) is 3. The molecule has 2 atom stereocenters. The number of likely N-dealkylation sites (N-methyl/N-ethyl adjacent to an activating group) is 1. The van der Waals surface area contributed by atoms with Crippen LogP contribution in [0.3, 0.4) is 0 Å². The average molecular weight is 502 g/mol. The quantitative estimate of drug-likeness (QED) is 0.496. The van der Waals surface area contributed by atoms with Gasteiger partial charge in [0.25, 0.3) is 0 Å². The van der Waals surface area contributed by atoms with Crippen molar-refractivity contribution >= 4 is 35.4 Å². The first-order valence-corrected chi connectivity index (χ1v) is 11.3. The van der Waals surface area contributed by atoms with Crippen molar-refractivity contribution in [3.05, 3.63) is 65.2 Å². The van der Waals surface area contributed by atoms with Crippen LogP contribution in [0.15, 0.2) is 42.5 Å². The Kier molecular flexibility index (Phi) is 8.09. The van der Waals surface area contributed by atoms with Gasteiger partial charge in [-0.05, 0) is 63.7 Å². The monoisotopic (exact) mass is 501 g/mol. The molecule has 8 nitrogen and oxygen atoms in total. The number of benzene rings is 2. The Labute approximate surface area is 207 Å². The second-order valence-corrected chi connectivity index (χ2v) is 9.67. The van der Waals surface area contributed by atoms with Gasteiger partial charge < -0.3 is 20.1 Å². The lowest BCUT2D eigenvalue weighted by Crippen LogP contribution is -2.27. The summed E-state index contributed by atoms with van der Waals surface area (Å²) in [4.78, 5) is 37.8. The fourth-order valence-electron chi connectivity index (χ4n) is 4.06. The summed E-state index contributed by atoms with van der Waals surface area (Å²) in [5, 5.41) is 14.6. The summed E-state index contributed by atoms with van der Waals surface area (Å²) in [6.07, 6.45) is 1.65. The number of carbonyl (C=O) groups excluding carboxylic acids is 2. The molecule has 1 saturated heterocycles. The average Bonchev–Trinajstić information content (AvgIpc) is 3.13. The van der Waals surface area contributed by atoms with Crippen molar-refractivity contribution in [3.8, 4) is 0 Å². The molecule has 1 fully saturated rings. The normalized spacial score (nSPS) is 18.3. The van der Waals surface area contributed by atoms with E-state index in [1.54, 1.807) is 57.0 Å². The van der Waals surface area contributed by atoms with E-state index in [-0.39, 0.29) is 24.2 Å². The van der Waals surface area contributed by atoms with Crippen LogP contribution in [-0.4, -0.2) is 53.7 Å². The first kappa shape index (κ1) is 26.8. The highest BCUT2D eigenvalue weighted by molar-refractivity contribution is 6.05. The Bertz CT molecular complexity index is 1170. The van der Waals surface area contributed by atoms with Gasteiger partial charge in [0.05, 0.1) is 17.3 Å². The van der Waals surface area contributed by atoms with Gasteiger partial charge in [0.2, 0.25) is 5.91 Å². The smallest absolute Gasteiger partial charge is 0.412 e. The van der Waals surface area contributed by atoms with Gasteiger partial charge in [-0.25, -0.2) is 13.6 Å². The number of carbonyl (C=O) groups is 3. The van der Waals surface area contributed by atoms with Crippen LogP contribution in [0.25, 0.3) is 6.08 Å². The zero-order valence-corrected chi connectivity index (χ0v) is 20.5. The standard InChI is InChI=1S/C26H29F2N3O5/c1-26(2,3)36-25(35)30-21-8-6-5-7-20(21)29-22(32)10-9-15-11-18(27)23(19(28)12-15)16-13-31(4)14-17(16)24(33)34/h5-12,16-17H,13-14H2,1-4H3,(H,29,32)(H,30,35)(H,33,34). The fourth-order valence-corrected chi connectivity index (χ4v) is 4.06. The number of anilines is 2. The van der Waals surface area contributed by atoms with Crippen molar-refractivity contribution < 1.29 is 33.0 Å². The Hall–Kier alpha value is -3.79. The predicted octanol–water partition coefficient (Wildman–Crippen LogP) is 4.69. The van der Waals surface area contributed by atoms with E-state index in [1.165, 1.54) is 6.08 Å². The third-order valence-electron chi connectivity index (χ3n) is 5.54. The lowest BCUT2D eigenvalue weighted by atomic mass is 9.87. The lowest BCUT2D eigenvalue weighted by Gasteiger charge is -2.20. The zero-order valence-electron chi connectivity index (χ0n) is 20.5. The maximum Gasteiger partial charge on any atom is 0.412 e. The molecule has 192 valence electrons. The summed E-state index contributed by atoms with van der Waals surface area (Å²) in [5.41, 5.74) is -0.258. The Morgan fingerprint density at radius 2 is 1.64 bits per heavy atom. The molecular weight excluding hydrogens is 472 g/mol. The molecule has 3 N–H and O–H groups in total. The molecule has 0 saturated carbocycles. The summed E-state index contributed by atoms with van der Waals surface area (Å²) < 4.78 is 34.9. The van der Waals surface area contributed by atoms with Crippen molar-refractivity contribution in [3.63, 3.8) is 0 Å². The number of carboxylic acid groups (broad SMARTS) is 1. The number of halogens is 2. The number of ether oxygens (including phenoxy) is 1. The highest BCUT2D eigenvalue weighted by Gasteiger charge is 2.39. The molecule has 0 bridgehead atoms. The second-order valence-electron chi connectivity index (χ2n) is 9.67. The van der Waals surface area contributed by atoms with Crippen LogP contribution in [0, 0.1) is 17.6 Å². The number of carboxylic acids is 1. The highest BCUT2D eigenvalue weighted by Crippen LogP contribution is 2.35. The molecule has 1 aliphatic heterocycles. The molecule has 2 aromatic rings. The zero-order chi connectivity index (χ0) is 26.6. The van der Waals surface area contributed by atoms with Crippen LogP contribution >= 0.6 is 0 Å². The molecule has 0 aliphatic carbocycles. The number of amides is 2. The van der Waals surface area contributed by atoms with Gasteiger partial charge >= 0.3 is 12.1 Å². The fraction of sp³-hybridized carbons (Fsp3) is 0.346. The predicted molar refractivity (Wildman–Crippen MR) is 132 cm³/mol. The molecule has 3 rings (SSSR count). The number of aliphatic carboxylic acids is 1. The van der Waals surface area contributed by atoms with Gasteiger partial charge in [-0.2, -0.15) is 0 Å². The minimum Gasteiger partial charge on any atom is -0.481 e. The van der Waals surface area contributed by atoms with Gasteiger partial charge in [0.1, 0.15) is 17.2 Å². The van der Waals surface area contributed by atoms with Crippen molar-refractivity contribution in [2.45, 2.75) is 32.3 Å². The van der Waals surface area contributed by atoms with Crippen LogP contribution < -0.4 is 10.6 Å². The number of para-hydroxylation sites is 2. The minimum atomic E-state index is -1.11. The minimum absolute atomic E-state index is 0.0993. The number of rotatable bonds is 6. The van der Waals surface area contributed by atoms with Crippen LogP contribution in [-0.2, 0) is 14.3 Å². The number of nitrogens with zero attached hydrogens (tertiary/aromatic N) is 1. The van der Waals surface area contributed by atoms with Gasteiger partial charge in [-0.1, -0.05) is 12.1 Å². The molecule has 0 spiro atoms. The third kappa shape index (κ3) is 6.88. The molecule has 2 amide bonds. The van der Waals surface area contributed by atoms with Crippen LogP contribution in [0.2, 0.25) is 0 Å². The van der Waals surface area contributed by atoms with E-state index in [0.717, 1.165) is 18.2 Å². The van der Waals surface area contributed by atoms with Crippen LogP contribution in [0.1, 0.15) is 37.8 Å². The van der Waals surface area contributed by atoms with E-state index in [0.29, 0.717) is 11.4 Å². The van der Waals surface area contributed by atoms with Gasteiger partial charge in [0.15, 0.2) is 0 Å². The molecule has 1 aliphatic rings. The molecule has 10 heteroatoms. The Balaban J connectivity index is 1.72. The summed E-state index contributed by atoms with van der Waals surface area (Å²) in [7, 11) is 1.70. The molecule has 0 aromatic heterocycles. The van der Waals surface area contributed by atoms with Crippen molar-refractivity contribution in [1.29, 1.82) is 0 Å². The largest absolute Gasteiger partial charge is 0.481 e. The molecule has 36 heavy (non-hydrogen) atoms. The number of hydrogen-bond acceptors (Lipinski definition) is 5. The molecular formula is C26H29F2N3O5. The summed E-state index contributed by atoms with van der Waals surface area (Å²) >= 11 is 0. The van der Waals surface area contributed by atoms with Crippen LogP contribution in [0.4, 0.5) is 25.0 Å². The molecule has 1 heterocycles. The molecule has 2 aromatic carbocycles. The van der Waals surface area contributed by atoms with E-state index >= 15 is 0 Å².